The maximum absolute atomic E-state index is 13.2. The van der Waals surface area contributed by atoms with E-state index < -0.39 is 0 Å². The van der Waals surface area contributed by atoms with Crippen LogP contribution < -0.4 is 20.3 Å². The standard InChI is InChI=1S/C24H30N4O3/c1-2-31-22-10-4-3-9-20(22)26-24(30)25-18-11-12-21(27-13-5-6-14-27)19(17-18)23(29)28-15-7-8-16-28/h3-4,9-12,17H,2,5-8,13-16H2,1H3,(H2,25,26,30). The Bertz CT molecular complexity index is 934. The minimum Gasteiger partial charge on any atom is -0.492 e. The van der Waals surface area contributed by atoms with E-state index in [1.54, 1.807) is 6.07 Å². The number of anilines is 3. The highest BCUT2D eigenvalue weighted by Crippen LogP contribution is 2.30. The smallest absolute Gasteiger partial charge is 0.323 e. The van der Waals surface area contributed by atoms with Crippen LogP contribution in [0.1, 0.15) is 43.0 Å². The maximum atomic E-state index is 13.2. The van der Waals surface area contributed by atoms with Gasteiger partial charge in [0.1, 0.15) is 5.75 Å². The van der Waals surface area contributed by atoms with Gasteiger partial charge in [-0.05, 0) is 62.9 Å². The lowest BCUT2D eigenvalue weighted by atomic mass is 10.1. The minimum atomic E-state index is -0.374. The summed E-state index contributed by atoms with van der Waals surface area (Å²) in [6.45, 7) is 5.93. The Morgan fingerprint density at radius 3 is 2.39 bits per heavy atom. The molecule has 2 aromatic carbocycles. The molecule has 31 heavy (non-hydrogen) atoms. The van der Waals surface area contributed by atoms with Crippen LogP contribution in [-0.4, -0.2) is 49.6 Å². The number of para-hydroxylation sites is 2. The van der Waals surface area contributed by atoms with Gasteiger partial charge in [-0.15, -0.1) is 0 Å². The lowest BCUT2D eigenvalue weighted by molar-refractivity contribution is 0.0793. The van der Waals surface area contributed by atoms with Gasteiger partial charge in [-0.1, -0.05) is 12.1 Å². The summed E-state index contributed by atoms with van der Waals surface area (Å²) in [5.41, 5.74) is 2.82. The molecule has 2 heterocycles. The molecular weight excluding hydrogens is 392 g/mol. The van der Waals surface area contributed by atoms with Crippen LogP contribution in [0.4, 0.5) is 21.9 Å². The highest BCUT2D eigenvalue weighted by atomic mass is 16.5. The van der Waals surface area contributed by atoms with Crippen LogP contribution in [0.15, 0.2) is 42.5 Å². The van der Waals surface area contributed by atoms with E-state index in [0.717, 1.165) is 57.5 Å². The van der Waals surface area contributed by atoms with Gasteiger partial charge in [0.25, 0.3) is 5.91 Å². The molecular formula is C24H30N4O3. The van der Waals surface area contributed by atoms with E-state index in [0.29, 0.717) is 29.3 Å². The number of likely N-dealkylation sites (tertiary alicyclic amines) is 1. The van der Waals surface area contributed by atoms with Gasteiger partial charge in [0.05, 0.1) is 17.9 Å². The van der Waals surface area contributed by atoms with Crippen molar-refractivity contribution in [2.24, 2.45) is 0 Å². The van der Waals surface area contributed by atoms with Crippen molar-refractivity contribution in [1.82, 2.24) is 4.90 Å². The second-order valence-corrected chi connectivity index (χ2v) is 7.93. The third-order valence-electron chi connectivity index (χ3n) is 5.76. The number of ether oxygens (including phenoxy) is 1. The summed E-state index contributed by atoms with van der Waals surface area (Å²) in [5, 5.41) is 5.71. The zero-order valence-electron chi connectivity index (χ0n) is 18.0. The van der Waals surface area contributed by atoms with Crippen molar-refractivity contribution >= 4 is 29.0 Å². The fourth-order valence-electron chi connectivity index (χ4n) is 4.25. The Morgan fingerprint density at radius 1 is 0.935 bits per heavy atom. The van der Waals surface area contributed by atoms with Gasteiger partial charge in [-0.2, -0.15) is 0 Å². The summed E-state index contributed by atoms with van der Waals surface area (Å²) in [7, 11) is 0. The van der Waals surface area contributed by atoms with Crippen molar-refractivity contribution < 1.29 is 14.3 Å². The Balaban J connectivity index is 1.53. The molecule has 0 radical (unpaired) electrons. The number of hydrogen-bond donors (Lipinski definition) is 2. The molecule has 3 amide bonds. The first-order chi connectivity index (χ1) is 15.2. The van der Waals surface area contributed by atoms with E-state index in [-0.39, 0.29) is 11.9 Å². The van der Waals surface area contributed by atoms with E-state index in [9.17, 15) is 9.59 Å². The van der Waals surface area contributed by atoms with Crippen LogP contribution in [0.5, 0.6) is 5.75 Å². The van der Waals surface area contributed by atoms with E-state index in [1.165, 1.54) is 0 Å². The number of hydrogen-bond acceptors (Lipinski definition) is 4. The van der Waals surface area contributed by atoms with Gasteiger partial charge >= 0.3 is 6.03 Å². The Hall–Kier alpha value is -3.22. The quantitative estimate of drug-likeness (QED) is 0.715. The molecule has 2 fully saturated rings. The molecule has 2 saturated heterocycles. The zero-order valence-corrected chi connectivity index (χ0v) is 18.0. The number of nitrogens with zero attached hydrogens (tertiary/aromatic N) is 2. The van der Waals surface area contributed by atoms with Crippen LogP contribution in [0.25, 0.3) is 0 Å². The van der Waals surface area contributed by atoms with Gasteiger partial charge in [-0.3, -0.25) is 4.79 Å². The summed E-state index contributed by atoms with van der Waals surface area (Å²) >= 11 is 0. The molecule has 0 unspecified atom stereocenters. The molecule has 0 bridgehead atoms. The largest absolute Gasteiger partial charge is 0.492 e. The second-order valence-electron chi connectivity index (χ2n) is 7.93. The molecule has 0 aromatic heterocycles. The van der Waals surface area contributed by atoms with Gasteiger partial charge in [0.15, 0.2) is 0 Å². The number of rotatable bonds is 6. The van der Waals surface area contributed by atoms with Crippen LogP contribution in [0.3, 0.4) is 0 Å². The lowest BCUT2D eigenvalue weighted by Crippen LogP contribution is -2.30. The Labute approximate surface area is 183 Å². The average Bonchev–Trinajstić information content (AvgIpc) is 3.49. The van der Waals surface area contributed by atoms with Gasteiger partial charge in [0.2, 0.25) is 0 Å². The first kappa shape index (κ1) is 21.0. The predicted octanol–water partition coefficient (Wildman–Crippen LogP) is 4.57. The summed E-state index contributed by atoms with van der Waals surface area (Å²) in [4.78, 5) is 30.0. The Kier molecular flexibility index (Phi) is 6.60. The van der Waals surface area contributed by atoms with E-state index in [4.69, 9.17) is 4.74 Å². The lowest BCUT2D eigenvalue weighted by Gasteiger charge is -2.24. The number of amides is 3. The third kappa shape index (κ3) is 4.93. The van der Waals surface area contributed by atoms with Crippen molar-refractivity contribution in [3.8, 4) is 5.75 Å². The fourth-order valence-corrected chi connectivity index (χ4v) is 4.25. The molecule has 7 heteroatoms. The molecule has 0 saturated carbocycles. The molecule has 164 valence electrons. The van der Waals surface area contributed by atoms with Crippen LogP contribution in [0, 0.1) is 0 Å². The molecule has 0 atom stereocenters. The first-order valence-electron chi connectivity index (χ1n) is 11.1. The zero-order chi connectivity index (χ0) is 21.6. The number of benzene rings is 2. The molecule has 2 N–H and O–H groups in total. The third-order valence-corrected chi connectivity index (χ3v) is 5.76. The summed E-state index contributed by atoms with van der Waals surface area (Å²) in [5.74, 6) is 0.666. The number of nitrogens with one attached hydrogen (secondary N) is 2. The summed E-state index contributed by atoms with van der Waals surface area (Å²) in [6.07, 6.45) is 4.37. The van der Waals surface area contributed by atoms with Gasteiger partial charge in [-0.25, -0.2) is 4.79 Å². The number of carbonyl (C=O) groups is 2. The van der Waals surface area contributed by atoms with Crippen LogP contribution >= 0.6 is 0 Å². The maximum Gasteiger partial charge on any atom is 0.323 e. The number of urea groups is 1. The van der Waals surface area contributed by atoms with Gasteiger partial charge < -0.3 is 25.2 Å². The molecule has 4 rings (SSSR count). The Morgan fingerprint density at radius 2 is 1.65 bits per heavy atom. The SMILES string of the molecule is CCOc1ccccc1NC(=O)Nc1ccc(N2CCCC2)c(C(=O)N2CCCC2)c1. The summed E-state index contributed by atoms with van der Waals surface area (Å²) < 4.78 is 5.57. The van der Waals surface area contributed by atoms with Crippen molar-refractivity contribution in [2.45, 2.75) is 32.6 Å². The van der Waals surface area contributed by atoms with Crippen molar-refractivity contribution in [2.75, 3.05) is 48.3 Å². The van der Waals surface area contributed by atoms with Crippen LogP contribution in [0.2, 0.25) is 0 Å². The van der Waals surface area contributed by atoms with E-state index in [2.05, 4.69) is 15.5 Å². The summed E-state index contributed by atoms with van der Waals surface area (Å²) in [6, 6.07) is 12.6. The molecule has 2 aromatic rings. The molecule has 7 nitrogen and oxygen atoms in total. The second kappa shape index (κ2) is 9.73. The molecule has 2 aliphatic rings. The van der Waals surface area contributed by atoms with Crippen molar-refractivity contribution in [3.05, 3.63) is 48.0 Å². The normalized spacial score (nSPS) is 15.8. The fraction of sp³-hybridized carbons (Fsp3) is 0.417. The minimum absolute atomic E-state index is 0.0464. The van der Waals surface area contributed by atoms with Crippen molar-refractivity contribution in [3.63, 3.8) is 0 Å². The van der Waals surface area contributed by atoms with E-state index >= 15 is 0 Å². The highest BCUT2D eigenvalue weighted by Gasteiger charge is 2.25. The van der Waals surface area contributed by atoms with Gasteiger partial charge in [0, 0.05) is 37.6 Å². The topological polar surface area (TPSA) is 73.9 Å². The first-order valence-corrected chi connectivity index (χ1v) is 11.1. The molecule has 2 aliphatic heterocycles. The van der Waals surface area contributed by atoms with E-state index in [1.807, 2.05) is 48.2 Å². The highest BCUT2D eigenvalue weighted by molar-refractivity contribution is 6.04. The predicted molar refractivity (Wildman–Crippen MR) is 123 cm³/mol. The van der Waals surface area contributed by atoms with Crippen LogP contribution in [-0.2, 0) is 0 Å². The number of carbonyl (C=O) groups excluding carboxylic acids is 2. The monoisotopic (exact) mass is 422 g/mol. The molecule has 0 aliphatic carbocycles. The van der Waals surface area contributed by atoms with Crippen molar-refractivity contribution in [1.29, 1.82) is 0 Å². The average molecular weight is 423 g/mol. The molecule has 0 spiro atoms.